The van der Waals surface area contributed by atoms with Gasteiger partial charge >= 0.3 is 0 Å². The van der Waals surface area contributed by atoms with Gasteiger partial charge in [-0.3, -0.25) is 14.7 Å². The van der Waals surface area contributed by atoms with Crippen LogP contribution in [0.5, 0.6) is 0 Å². The van der Waals surface area contributed by atoms with Gasteiger partial charge in [-0.25, -0.2) is 0 Å². The SMILES string of the molecule is CN=C(NCc1cccc(CN2CCCC(C(N)=O)C2)c1)NC1CCC(C)(C)CC1. The zero-order valence-corrected chi connectivity index (χ0v) is 18.9. The molecule has 0 aromatic heterocycles. The molecule has 0 spiro atoms. The summed E-state index contributed by atoms with van der Waals surface area (Å²) in [5.74, 6) is 0.701. The van der Waals surface area contributed by atoms with Crippen LogP contribution < -0.4 is 16.4 Å². The molecule has 1 aromatic carbocycles. The maximum Gasteiger partial charge on any atom is 0.221 e. The van der Waals surface area contributed by atoms with Gasteiger partial charge in [0.1, 0.15) is 0 Å². The van der Waals surface area contributed by atoms with Crippen LogP contribution in [0, 0.1) is 11.3 Å². The third-order valence-electron chi connectivity index (χ3n) is 6.67. The van der Waals surface area contributed by atoms with Crippen molar-refractivity contribution in [2.75, 3.05) is 20.1 Å². The van der Waals surface area contributed by atoms with Gasteiger partial charge in [0.15, 0.2) is 5.96 Å². The van der Waals surface area contributed by atoms with Crippen LogP contribution in [0.1, 0.15) is 63.5 Å². The first-order chi connectivity index (χ1) is 14.3. The van der Waals surface area contributed by atoms with E-state index in [2.05, 4.69) is 58.6 Å². The standard InChI is InChI=1S/C24H39N5O/c1-24(2)11-9-21(10-12-24)28-23(26-3)27-15-18-6-4-7-19(14-18)16-29-13-5-8-20(17-29)22(25)30/h4,6-7,14,20-21H,5,8-13,15-17H2,1-3H3,(H2,25,30)(H2,26,27,28). The van der Waals surface area contributed by atoms with Crippen LogP contribution >= 0.6 is 0 Å². The molecule has 6 heteroatoms. The summed E-state index contributed by atoms with van der Waals surface area (Å²) in [7, 11) is 1.84. The second-order valence-corrected chi connectivity index (χ2v) is 9.81. The number of guanidine groups is 1. The molecule has 0 radical (unpaired) electrons. The molecule has 1 unspecified atom stereocenters. The van der Waals surface area contributed by atoms with Gasteiger partial charge in [0.2, 0.25) is 5.91 Å². The average Bonchev–Trinajstić information content (AvgIpc) is 2.73. The molecule has 1 amide bonds. The lowest BCUT2D eigenvalue weighted by Crippen LogP contribution is -2.45. The Kier molecular flexibility index (Phi) is 7.75. The van der Waals surface area contributed by atoms with Crippen LogP contribution in [0.4, 0.5) is 0 Å². The van der Waals surface area contributed by atoms with Crippen LogP contribution in [0.15, 0.2) is 29.3 Å². The molecule has 3 rings (SSSR count). The fourth-order valence-corrected chi connectivity index (χ4v) is 4.64. The summed E-state index contributed by atoms with van der Waals surface area (Å²) in [5.41, 5.74) is 8.51. The first kappa shape index (κ1) is 22.6. The predicted molar refractivity (Wildman–Crippen MR) is 123 cm³/mol. The zero-order chi connectivity index (χ0) is 21.6. The van der Waals surface area contributed by atoms with Crippen molar-refractivity contribution in [3.8, 4) is 0 Å². The van der Waals surface area contributed by atoms with Crippen LogP contribution in [0.3, 0.4) is 0 Å². The van der Waals surface area contributed by atoms with E-state index < -0.39 is 0 Å². The molecule has 1 aromatic rings. The van der Waals surface area contributed by atoms with E-state index in [4.69, 9.17) is 5.73 Å². The van der Waals surface area contributed by atoms with E-state index in [1.54, 1.807) is 0 Å². The summed E-state index contributed by atoms with van der Waals surface area (Å²) in [4.78, 5) is 18.3. The third-order valence-corrected chi connectivity index (χ3v) is 6.67. The Bertz CT molecular complexity index is 735. The van der Waals surface area contributed by atoms with E-state index in [-0.39, 0.29) is 11.8 Å². The fourth-order valence-electron chi connectivity index (χ4n) is 4.64. The molecule has 0 bridgehead atoms. The van der Waals surface area contributed by atoms with Crippen molar-refractivity contribution in [3.63, 3.8) is 0 Å². The van der Waals surface area contributed by atoms with E-state index in [1.165, 1.54) is 36.8 Å². The number of nitrogens with zero attached hydrogens (tertiary/aromatic N) is 2. The molecule has 1 aliphatic carbocycles. The molecule has 1 atom stereocenters. The average molecular weight is 414 g/mol. The summed E-state index contributed by atoms with van der Waals surface area (Å²) >= 11 is 0. The van der Waals surface area contributed by atoms with Gasteiger partial charge in [0.25, 0.3) is 0 Å². The minimum absolute atomic E-state index is 0.0108. The number of primary amides is 1. The van der Waals surface area contributed by atoms with Crippen molar-refractivity contribution in [2.45, 2.75) is 71.5 Å². The summed E-state index contributed by atoms with van der Waals surface area (Å²) in [5, 5.41) is 7.07. The number of amides is 1. The Labute approximate surface area is 181 Å². The minimum Gasteiger partial charge on any atom is -0.369 e. The molecule has 1 saturated carbocycles. The number of aliphatic imine (C=N–C) groups is 1. The summed E-state index contributed by atoms with van der Waals surface area (Å²) in [6.45, 7) is 8.13. The van der Waals surface area contributed by atoms with Crippen molar-refractivity contribution >= 4 is 11.9 Å². The molecule has 1 aliphatic heterocycles. The number of likely N-dealkylation sites (tertiary alicyclic amines) is 1. The summed E-state index contributed by atoms with van der Waals surface area (Å²) in [6, 6.07) is 9.18. The van der Waals surface area contributed by atoms with Crippen molar-refractivity contribution in [3.05, 3.63) is 35.4 Å². The molecule has 166 valence electrons. The highest BCUT2D eigenvalue weighted by atomic mass is 16.1. The van der Waals surface area contributed by atoms with Gasteiger partial charge in [-0.1, -0.05) is 38.1 Å². The van der Waals surface area contributed by atoms with E-state index in [0.717, 1.165) is 45.0 Å². The van der Waals surface area contributed by atoms with Gasteiger partial charge in [-0.2, -0.15) is 0 Å². The Balaban J connectivity index is 1.49. The molecule has 1 saturated heterocycles. The Morgan fingerprint density at radius 2 is 1.97 bits per heavy atom. The highest BCUT2D eigenvalue weighted by molar-refractivity contribution is 5.80. The molecular weight excluding hydrogens is 374 g/mol. The Morgan fingerprint density at radius 1 is 1.23 bits per heavy atom. The molecule has 2 aliphatic rings. The van der Waals surface area contributed by atoms with Crippen molar-refractivity contribution in [1.82, 2.24) is 15.5 Å². The Hall–Kier alpha value is -2.08. The third kappa shape index (κ3) is 6.73. The first-order valence-corrected chi connectivity index (χ1v) is 11.4. The lowest BCUT2D eigenvalue weighted by molar-refractivity contribution is -0.123. The van der Waals surface area contributed by atoms with Crippen molar-refractivity contribution in [1.29, 1.82) is 0 Å². The number of carbonyl (C=O) groups is 1. The van der Waals surface area contributed by atoms with Crippen LogP contribution in [0.2, 0.25) is 0 Å². The predicted octanol–water partition coefficient (Wildman–Crippen LogP) is 3.02. The molecule has 4 N–H and O–H groups in total. The number of piperidine rings is 1. The lowest BCUT2D eigenvalue weighted by atomic mass is 9.75. The molecule has 1 heterocycles. The summed E-state index contributed by atoms with van der Waals surface area (Å²) < 4.78 is 0. The highest BCUT2D eigenvalue weighted by Crippen LogP contribution is 2.34. The number of rotatable bonds is 6. The van der Waals surface area contributed by atoms with Gasteiger partial charge in [0, 0.05) is 32.7 Å². The van der Waals surface area contributed by atoms with E-state index in [9.17, 15) is 4.79 Å². The molecule has 6 nitrogen and oxygen atoms in total. The van der Waals surface area contributed by atoms with E-state index in [0.29, 0.717) is 11.5 Å². The second kappa shape index (κ2) is 10.3. The first-order valence-electron chi connectivity index (χ1n) is 11.4. The normalized spacial score (nSPS) is 23.2. The topological polar surface area (TPSA) is 82.8 Å². The zero-order valence-electron chi connectivity index (χ0n) is 18.9. The van der Waals surface area contributed by atoms with E-state index in [1.807, 2.05) is 7.05 Å². The van der Waals surface area contributed by atoms with Crippen LogP contribution in [-0.4, -0.2) is 42.9 Å². The second-order valence-electron chi connectivity index (χ2n) is 9.81. The fraction of sp³-hybridized carbons (Fsp3) is 0.667. The number of benzene rings is 1. The quantitative estimate of drug-likeness (QED) is 0.494. The van der Waals surface area contributed by atoms with Gasteiger partial charge in [0.05, 0.1) is 5.92 Å². The van der Waals surface area contributed by atoms with Crippen molar-refractivity contribution < 1.29 is 4.79 Å². The van der Waals surface area contributed by atoms with Gasteiger partial charge < -0.3 is 16.4 Å². The van der Waals surface area contributed by atoms with E-state index >= 15 is 0 Å². The monoisotopic (exact) mass is 413 g/mol. The number of nitrogens with one attached hydrogen (secondary N) is 2. The lowest BCUT2D eigenvalue weighted by Gasteiger charge is -2.35. The number of nitrogens with two attached hydrogens (primary N) is 1. The molecular formula is C24H39N5O. The minimum atomic E-state index is -0.168. The molecule has 2 fully saturated rings. The number of carbonyl (C=O) groups excluding carboxylic acids is 1. The largest absolute Gasteiger partial charge is 0.369 e. The Morgan fingerprint density at radius 3 is 2.67 bits per heavy atom. The number of hydrogen-bond donors (Lipinski definition) is 3. The smallest absolute Gasteiger partial charge is 0.221 e. The number of hydrogen-bond acceptors (Lipinski definition) is 3. The summed E-state index contributed by atoms with van der Waals surface area (Å²) in [6.07, 6.45) is 6.87. The maximum atomic E-state index is 11.5. The molecule has 30 heavy (non-hydrogen) atoms. The van der Waals surface area contributed by atoms with Crippen molar-refractivity contribution in [2.24, 2.45) is 22.1 Å². The van der Waals surface area contributed by atoms with Gasteiger partial charge in [-0.15, -0.1) is 0 Å². The van der Waals surface area contributed by atoms with Crippen LogP contribution in [0.25, 0.3) is 0 Å². The maximum absolute atomic E-state index is 11.5. The highest BCUT2D eigenvalue weighted by Gasteiger charge is 2.27. The van der Waals surface area contributed by atoms with Gasteiger partial charge in [-0.05, 0) is 61.6 Å². The van der Waals surface area contributed by atoms with Crippen LogP contribution in [-0.2, 0) is 17.9 Å².